The van der Waals surface area contributed by atoms with E-state index in [0.29, 0.717) is 12.1 Å². The first-order valence-corrected chi connectivity index (χ1v) is 8.62. The Hall–Kier alpha value is -3.54. The summed E-state index contributed by atoms with van der Waals surface area (Å²) in [5, 5.41) is 4.71. The van der Waals surface area contributed by atoms with Crippen molar-refractivity contribution in [3.63, 3.8) is 0 Å². The molecule has 0 atom stereocenters. The quantitative estimate of drug-likeness (QED) is 0.606. The minimum atomic E-state index is -0.496. The average molecular weight is 363 g/mol. The molecule has 0 bridgehead atoms. The second-order valence-corrected chi connectivity index (χ2v) is 6.00. The molecule has 0 fully saturated rings. The highest BCUT2D eigenvalue weighted by atomic mass is 16.5. The van der Waals surface area contributed by atoms with Gasteiger partial charge in [-0.2, -0.15) is 0 Å². The van der Waals surface area contributed by atoms with Gasteiger partial charge in [-0.05, 0) is 35.6 Å². The van der Waals surface area contributed by atoms with Crippen molar-refractivity contribution >= 4 is 28.4 Å². The first-order chi connectivity index (χ1) is 13.2. The van der Waals surface area contributed by atoms with Crippen LogP contribution in [0.1, 0.15) is 12.0 Å². The van der Waals surface area contributed by atoms with Gasteiger partial charge in [0.15, 0.2) is 0 Å². The molecule has 0 aliphatic rings. The molecule has 6 heteroatoms. The minimum absolute atomic E-state index is 0.265. The van der Waals surface area contributed by atoms with Crippen molar-refractivity contribution in [1.29, 1.82) is 0 Å². The first kappa shape index (κ1) is 18.3. The number of carbonyl (C=O) groups is 2. The average Bonchev–Trinajstić information content (AvgIpc) is 2.71. The molecule has 3 aromatic rings. The number of hydrogen-bond acceptors (Lipinski definition) is 3. The van der Waals surface area contributed by atoms with Crippen LogP contribution in [0.2, 0.25) is 0 Å². The van der Waals surface area contributed by atoms with E-state index in [2.05, 4.69) is 16.2 Å². The Morgan fingerprint density at radius 1 is 0.889 bits per heavy atom. The molecule has 0 heterocycles. The molecule has 0 radical (unpaired) electrons. The summed E-state index contributed by atoms with van der Waals surface area (Å²) in [6.45, 7) is 0. The van der Waals surface area contributed by atoms with E-state index < -0.39 is 6.03 Å². The Bertz CT molecular complexity index is 934. The highest BCUT2D eigenvalue weighted by molar-refractivity contribution is 6.01. The van der Waals surface area contributed by atoms with Gasteiger partial charge < -0.3 is 10.1 Å². The van der Waals surface area contributed by atoms with Crippen molar-refractivity contribution in [1.82, 2.24) is 10.9 Å². The minimum Gasteiger partial charge on any atom is -0.497 e. The van der Waals surface area contributed by atoms with E-state index in [1.165, 1.54) is 0 Å². The fraction of sp³-hybridized carbons (Fsp3) is 0.143. The van der Waals surface area contributed by atoms with Crippen LogP contribution in [0.4, 0.5) is 10.5 Å². The van der Waals surface area contributed by atoms with Gasteiger partial charge in [-0.3, -0.25) is 10.2 Å². The van der Waals surface area contributed by atoms with E-state index in [4.69, 9.17) is 4.74 Å². The molecule has 6 nitrogen and oxygen atoms in total. The second-order valence-electron chi connectivity index (χ2n) is 6.00. The van der Waals surface area contributed by atoms with Crippen LogP contribution in [0, 0.1) is 0 Å². The number of carbonyl (C=O) groups excluding carboxylic acids is 2. The monoisotopic (exact) mass is 363 g/mol. The highest BCUT2D eigenvalue weighted by Crippen LogP contribution is 2.22. The van der Waals surface area contributed by atoms with Gasteiger partial charge in [-0.25, -0.2) is 10.2 Å². The maximum absolute atomic E-state index is 12.1. The molecular formula is C21H21N3O3. The predicted molar refractivity (Wildman–Crippen MR) is 106 cm³/mol. The molecule has 0 aliphatic carbocycles. The fourth-order valence-electron chi connectivity index (χ4n) is 2.73. The van der Waals surface area contributed by atoms with E-state index in [9.17, 15) is 9.59 Å². The highest BCUT2D eigenvalue weighted by Gasteiger charge is 2.07. The van der Waals surface area contributed by atoms with Gasteiger partial charge in [0.05, 0.1) is 12.8 Å². The lowest BCUT2D eigenvalue weighted by molar-refractivity contribution is -0.121. The molecule has 0 saturated carbocycles. The van der Waals surface area contributed by atoms with Crippen molar-refractivity contribution in [2.24, 2.45) is 0 Å². The van der Waals surface area contributed by atoms with Crippen molar-refractivity contribution < 1.29 is 14.3 Å². The zero-order chi connectivity index (χ0) is 19.1. The van der Waals surface area contributed by atoms with Crippen LogP contribution in [0.3, 0.4) is 0 Å². The van der Waals surface area contributed by atoms with Crippen LogP contribution in [-0.4, -0.2) is 19.0 Å². The maximum atomic E-state index is 12.1. The number of ether oxygens (including phenoxy) is 1. The number of hydrazine groups is 1. The molecule has 3 aromatic carbocycles. The summed E-state index contributed by atoms with van der Waals surface area (Å²) in [7, 11) is 1.61. The molecule has 3 N–H and O–H groups in total. The summed E-state index contributed by atoms with van der Waals surface area (Å²) in [6.07, 6.45) is 0.837. The molecule has 0 saturated heterocycles. The predicted octanol–water partition coefficient (Wildman–Crippen LogP) is 3.63. The van der Waals surface area contributed by atoms with Gasteiger partial charge in [0.25, 0.3) is 0 Å². The summed E-state index contributed by atoms with van der Waals surface area (Å²) in [5.41, 5.74) is 6.50. The lowest BCUT2D eigenvalue weighted by atomic mass is 10.1. The van der Waals surface area contributed by atoms with Crippen LogP contribution in [0.25, 0.3) is 10.8 Å². The molecule has 138 valence electrons. The molecule has 0 aliphatic heterocycles. The Labute approximate surface area is 157 Å². The third-order valence-electron chi connectivity index (χ3n) is 4.15. The van der Waals surface area contributed by atoms with E-state index in [0.717, 1.165) is 22.1 Å². The normalized spacial score (nSPS) is 10.3. The lowest BCUT2D eigenvalue weighted by Gasteiger charge is -2.11. The van der Waals surface area contributed by atoms with E-state index in [1.807, 2.05) is 66.7 Å². The summed E-state index contributed by atoms with van der Waals surface area (Å²) >= 11 is 0. The van der Waals surface area contributed by atoms with Crippen molar-refractivity contribution in [3.05, 3.63) is 72.3 Å². The number of rotatable bonds is 5. The number of fused-ring (bicyclic) bond motifs is 1. The van der Waals surface area contributed by atoms with Crippen molar-refractivity contribution in [3.8, 4) is 5.75 Å². The summed E-state index contributed by atoms with van der Waals surface area (Å²) in [6, 6.07) is 20.4. The Balaban J connectivity index is 1.47. The van der Waals surface area contributed by atoms with Gasteiger partial charge in [-0.1, -0.05) is 48.5 Å². The van der Waals surface area contributed by atoms with E-state index >= 15 is 0 Å². The van der Waals surface area contributed by atoms with E-state index in [1.54, 1.807) is 7.11 Å². The third-order valence-corrected chi connectivity index (χ3v) is 4.15. The summed E-state index contributed by atoms with van der Waals surface area (Å²) < 4.78 is 5.10. The lowest BCUT2D eigenvalue weighted by Crippen LogP contribution is -2.44. The number of methoxy groups -OCH3 is 1. The molecule has 3 rings (SSSR count). The number of nitrogens with one attached hydrogen (secondary N) is 3. The number of anilines is 1. The smallest absolute Gasteiger partial charge is 0.337 e. The second kappa shape index (κ2) is 8.71. The molecule has 0 aromatic heterocycles. The fourth-order valence-corrected chi connectivity index (χ4v) is 2.73. The molecular weight excluding hydrogens is 342 g/mol. The standard InChI is InChI=1S/C21H21N3O3/c1-27-17-12-9-15(10-13-17)11-14-20(25)23-24-21(26)22-19-8-4-6-16-5-2-3-7-18(16)19/h2-10,12-13H,11,14H2,1H3,(H,23,25)(H2,22,24,26). The number of benzene rings is 3. The molecule has 0 unspecified atom stereocenters. The Morgan fingerprint density at radius 3 is 2.41 bits per heavy atom. The van der Waals surface area contributed by atoms with Crippen LogP contribution in [0.5, 0.6) is 5.75 Å². The number of aryl methyl sites for hydroxylation is 1. The summed E-state index contributed by atoms with van der Waals surface area (Å²) in [5.74, 6) is 0.508. The van der Waals surface area contributed by atoms with Crippen molar-refractivity contribution in [2.75, 3.05) is 12.4 Å². The van der Waals surface area contributed by atoms with Crippen LogP contribution >= 0.6 is 0 Å². The Morgan fingerprint density at radius 2 is 1.63 bits per heavy atom. The van der Waals surface area contributed by atoms with Gasteiger partial charge in [0.1, 0.15) is 5.75 Å². The summed E-state index contributed by atoms with van der Waals surface area (Å²) in [4.78, 5) is 24.0. The SMILES string of the molecule is COc1ccc(CCC(=O)NNC(=O)Nc2cccc3ccccc23)cc1. The molecule has 3 amide bonds. The number of urea groups is 1. The zero-order valence-electron chi connectivity index (χ0n) is 15.0. The topological polar surface area (TPSA) is 79.5 Å². The zero-order valence-corrected chi connectivity index (χ0v) is 15.0. The Kier molecular flexibility index (Phi) is 5.89. The van der Waals surface area contributed by atoms with E-state index in [-0.39, 0.29) is 12.3 Å². The molecule has 27 heavy (non-hydrogen) atoms. The largest absolute Gasteiger partial charge is 0.497 e. The van der Waals surface area contributed by atoms with Gasteiger partial charge >= 0.3 is 6.03 Å². The number of amides is 3. The van der Waals surface area contributed by atoms with Crippen LogP contribution < -0.4 is 20.9 Å². The molecule has 0 spiro atoms. The first-order valence-electron chi connectivity index (χ1n) is 8.62. The van der Waals surface area contributed by atoms with Gasteiger partial charge in [0.2, 0.25) is 5.91 Å². The number of hydrogen-bond donors (Lipinski definition) is 3. The van der Waals surface area contributed by atoms with Crippen LogP contribution in [0.15, 0.2) is 66.7 Å². The van der Waals surface area contributed by atoms with Gasteiger partial charge in [-0.15, -0.1) is 0 Å². The van der Waals surface area contributed by atoms with Gasteiger partial charge in [0, 0.05) is 11.8 Å². The van der Waals surface area contributed by atoms with Crippen LogP contribution in [-0.2, 0) is 11.2 Å². The third kappa shape index (κ3) is 4.98. The van der Waals surface area contributed by atoms with Crippen molar-refractivity contribution in [2.45, 2.75) is 12.8 Å². The maximum Gasteiger partial charge on any atom is 0.337 e.